The lowest BCUT2D eigenvalue weighted by atomic mass is 10.3. The van der Waals surface area contributed by atoms with E-state index in [9.17, 15) is 25.0 Å². The van der Waals surface area contributed by atoms with E-state index < -0.39 is 22.0 Å². The molecule has 1 amide bonds. The minimum Gasteiger partial charge on any atom is -0.442 e. The molecule has 0 radical (unpaired) electrons. The zero-order valence-corrected chi connectivity index (χ0v) is 13.4. The highest BCUT2D eigenvalue weighted by molar-refractivity contribution is 5.84. The topological polar surface area (TPSA) is 142 Å². The van der Waals surface area contributed by atoms with Gasteiger partial charge in [-0.25, -0.2) is 14.3 Å². The molecule has 0 bridgehead atoms. The van der Waals surface area contributed by atoms with Crippen molar-refractivity contribution in [2.24, 2.45) is 0 Å². The number of nitrogens with one attached hydrogen (secondary N) is 1. The molecule has 0 fully saturated rings. The number of non-ortho nitro benzene ring substituents is 1. The molecule has 11 nitrogen and oxygen atoms in total. The molecule has 0 spiro atoms. The average molecular weight is 349 g/mol. The van der Waals surface area contributed by atoms with Gasteiger partial charge in [-0.1, -0.05) is 0 Å². The molecule has 1 atom stereocenters. The summed E-state index contributed by atoms with van der Waals surface area (Å²) in [7, 11) is 0. The highest BCUT2D eigenvalue weighted by atomic mass is 16.6. The van der Waals surface area contributed by atoms with Crippen LogP contribution in [0.4, 0.5) is 22.0 Å². The predicted octanol–water partition coefficient (Wildman–Crippen LogP) is 2.65. The molecule has 25 heavy (non-hydrogen) atoms. The Morgan fingerprint density at radius 2 is 1.92 bits per heavy atom. The van der Waals surface area contributed by atoms with Crippen LogP contribution in [0.3, 0.4) is 0 Å². The number of nitrogens with zero attached hydrogens (tertiary/aromatic N) is 4. The van der Waals surface area contributed by atoms with Crippen molar-refractivity contribution in [1.29, 1.82) is 0 Å². The van der Waals surface area contributed by atoms with Crippen LogP contribution in [0.5, 0.6) is 0 Å². The Morgan fingerprint density at radius 3 is 2.48 bits per heavy atom. The largest absolute Gasteiger partial charge is 0.442 e. The van der Waals surface area contributed by atoms with Gasteiger partial charge in [0.15, 0.2) is 5.82 Å². The Hall–Kier alpha value is -3.50. The Kier molecular flexibility index (Phi) is 5.27. The lowest BCUT2D eigenvalue weighted by Crippen LogP contribution is -2.25. The zero-order chi connectivity index (χ0) is 18.6. The number of aromatic nitrogens is 2. The fourth-order valence-corrected chi connectivity index (χ4v) is 2.12. The first-order valence-corrected chi connectivity index (χ1v) is 7.16. The number of benzene rings is 1. The lowest BCUT2D eigenvalue weighted by molar-refractivity contribution is -0.392. The van der Waals surface area contributed by atoms with E-state index in [1.165, 1.54) is 28.8 Å². The van der Waals surface area contributed by atoms with E-state index in [0.29, 0.717) is 11.5 Å². The third kappa shape index (κ3) is 4.50. The zero-order valence-electron chi connectivity index (χ0n) is 13.4. The minimum atomic E-state index is -0.776. The summed E-state index contributed by atoms with van der Waals surface area (Å²) in [5.74, 6) is 0.238. The smallest absolute Gasteiger partial charge is 0.412 e. The summed E-state index contributed by atoms with van der Waals surface area (Å²) in [4.78, 5) is 36.1. The van der Waals surface area contributed by atoms with Crippen molar-refractivity contribution >= 4 is 23.3 Å². The molecule has 0 aliphatic rings. The second kappa shape index (κ2) is 7.38. The van der Waals surface area contributed by atoms with Gasteiger partial charge in [-0.05, 0) is 24.0 Å². The van der Waals surface area contributed by atoms with Crippen molar-refractivity contribution < 1.29 is 19.4 Å². The molecule has 0 saturated heterocycles. The maximum atomic E-state index is 11.8. The standard InChI is InChI=1S/C14H15N5O6/c1-9(8-17-10(2)15-7-13(17)19(23)24)25-14(20)16-11-3-5-12(6-4-11)18(21)22/h3-7,9H,8H2,1-2H3,(H,16,20). The van der Waals surface area contributed by atoms with Crippen molar-refractivity contribution in [3.05, 3.63) is 56.5 Å². The number of nitro groups is 2. The van der Waals surface area contributed by atoms with Gasteiger partial charge in [0.25, 0.3) is 5.69 Å². The number of hydrogen-bond acceptors (Lipinski definition) is 7. The van der Waals surface area contributed by atoms with E-state index >= 15 is 0 Å². The lowest BCUT2D eigenvalue weighted by Gasteiger charge is -2.13. The number of carbonyl (C=O) groups excluding carboxylic acids is 1. The van der Waals surface area contributed by atoms with Crippen LogP contribution in [-0.4, -0.2) is 31.6 Å². The number of ether oxygens (including phenoxy) is 1. The van der Waals surface area contributed by atoms with E-state index in [2.05, 4.69) is 10.3 Å². The summed E-state index contributed by atoms with van der Waals surface area (Å²) in [6.07, 6.45) is -0.301. The molecular formula is C14H15N5O6. The Labute approximate surface area is 141 Å². The number of imidazole rings is 1. The Bertz CT molecular complexity index is 801. The maximum absolute atomic E-state index is 11.8. The van der Waals surface area contributed by atoms with Gasteiger partial charge >= 0.3 is 11.9 Å². The molecule has 1 aromatic carbocycles. The molecule has 0 aliphatic heterocycles. The van der Waals surface area contributed by atoms with Crippen molar-refractivity contribution in [2.75, 3.05) is 5.32 Å². The predicted molar refractivity (Wildman–Crippen MR) is 86.3 cm³/mol. The Morgan fingerprint density at radius 1 is 1.28 bits per heavy atom. The van der Waals surface area contributed by atoms with Gasteiger partial charge in [-0.3, -0.25) is 15.4 Å². The van der Waals surface area contributed by atoms with E-state index in [4.69, 9.17) is 4.74 Å². The summed E-state index contributed by atoms with van der Waals surface area (Å²) < 4.78 is 6.48. The number of nitro benzene ring substituents is 1. The van der Waals surface area contributed by atoms with E-state index in [1.807, 2.05) is 0 Å². The second-order valence-electron chi connectivity index (χ2n) is 5.18. The fraction of sp³-hybridized carbons (Fsp3) is 0.286. The number of carbonyl (C=O) groups is 1. The summed E-state index contributed by atoms with van der Waals surface area (Å²) in [5.41, 5.74) is 0.225. The monoisotopic (exact) mass is 349 g/mol. The number of aryl methyl sites for hydroxylation is 1. The third-order valence-electron chi connectivity index (χ3n) is 3.29. The highest BCUT2D eigenvalue weighted by Crippen LogP contribution is 2.17. The molecule has 2 rings (SSSR count). The minimum absolute atomic E-state index is 0.0653. The molecular weight excluding hydrogens is 334 g/mol. The van der Waals surface area contributed by atoms with Crippen molar-refractivity contribution in [2.45, 2.75) is 26.5 Å². The molecule has 1 heterocycles. The fourth-order valence-electron chi connectivity index (χ4n) is 2.12. The quantitative estimate of drug-likeness (QED) is 0.623. The Balaban J connectivity index is 1.95. The van der Waals surface area contributed by atoms with Crippen molar-refractivity contribution in [1.82, 2.24) is 9.55 Å². The van der Waals surface area contributed by atoms with Crippen molar-refractivity contribution in [3.8, 4) is 0 Å². The number of amides is 1. The van der Waals surface area contributed by atoms with Crippen LogP contribution in [0, 0.1) is 27.2 Å². The number of rotatable bonds is 6. The van der Waals surface area contributed by atoms with E-state index in [1.54, 1.807) is 13.8 Å². The average Bonchev–Trinajstić information content (AvgIpc) is 2.88. The SMILES string of the molecule is Cc1ncc([N+](=O)[O-])n1CC(C)OC(=O)Nc1ccc([N+](=O)[O-])cc1. The molecule has 1 unspecified atom stereocenters. The van der Waals surface area contributed by atoms with Gasteiger partial charge in [0.1, 0.15) is 18.8 Å². The maximum Gasteiger partial charge on any atom is 0.412 e. The normalized spacial score (nSPS) is 11.6. The molecule has 132 valence electrons. The van der Waals surface area contributed by atoms with Crippen LogP contribution >= 0.6 is 0 Å². The molecule has 0 saturated carbocycles. The van der Waals surface area contributed by atoms with Gasteiger partial charge < -0.3 is 14.9 Å². The molecule has 0 aliphatic carbocycles. The van der Waals surface area contributed by atoms with Crippen LogP contribution in [-0.2, 0) is 11.3 Å². The van der Waals surface area contributed by atoms with Gasteiger partial charge in [0.2, 0.25) is 0 Å². The van der Waals surface area contributed by atoms with Crippen LogP contribution < -0.4 is 5.32 Å². The van der Waals surface area contributed by atoms with Crippen LogP contribution in [0.1, 0.15) is 12.7 Å². The molecule has 2 aromatic rings. The summed E-state index contributed by atoms with van der Waals surface area (Å²) >= 11 is 0. The third-order valence-corrected chi connectivity index (χ3v) is 3.29. The van der Waals surface area contributed by atoms with E-state index in [0.717, 1.165) is 6.20 Å². The number of anilines is 1. The first-order valence-electron chi connectivity index (χ1n) is 7.16. The van der Waals surface area contributed by atoms with Gasteiger partial charge in [-0.2, -0.15) is 0 Å². The van der Waals surface area contributed by atoms with Crippen molar-refractivity contribution in [3.63, 3.8) is 0 Å². The van der Waals surface area contributed by atoms with Gasteiger partial charge in [0.05, 0.1) is 4.92 Å². The van der Waals surface area contributed by atoms with Crippen LogP contribution in [0.25, 0.3) is 0 Å². The van der Waals surface area contributed by atoms with Crippen LogP contribution in [0.15, 0.2) is 30.5 Å². The summed E-state index contributed by atoms with van der Waals surface area (Å²) in [5, 5.41) is 23.9. The molecule has 1 N–H and O–H groups in total. The molecule has 11 heteroatoms. The molecule has 1 aromatic heterocycles. The van der Waals surface area contributed by atoms with Gasteiger partial charge in [0, 0.05) is 24.7 Å². The van der Waals surface area contributed by atoms with E-state index in [-0.39, 0.29) is 18.1 Å². The second-order valence-corrected chi connectivity index (χ2v) is 5.18. The highest BCUT2D eigenvalue weighted by Gasteiger charge is 2.21. The summed E-state index contributed by atoms with van der Waals surface area (Å²) in [6, 6.07) is 5.23. The van der Waals surface area contributed by atoms with Crippen LogP contribution in [0.2, 0.25) is 0 Å². The summed E-state index contributed by atoms with van der Waals surface area (Å²) in [6.45, 7) is 3.26. The number of hydrogen-bond donors (Lipinski definition) is 1. The first kappa shape index (κ1) is 17.8. The van der Waals surface area contributed by atoms with Gasteiger partial charge in [-0.15, -0.1) is 0 Å². The first-order chi connectivity index (χ1) is 11.8.